The lowest BCUT2D eigenvalue weighted by Gasteiger charge is -2.17. The number of ether oxygens (including phenoxy) is 1. The van der Waals surface area contributed by atoms with Crippen molar-refractivity contribution < 1.29 is 9.53 Å². The zero-order valence-corrected chi connectivity index (χ0v) is 19.7. The SMILES string of the molecule is CCCCCCCCCC(CCCCCCCCC)CCCOC(=O)CCC. The summed E-state index contributed by atoms with van der Waals surface area (Å²) in [5.74, 6) is 0.828. The van der Waals surface area contributed by atoms with Crippen molar-refractivity contribution >= 4 is 5.97 Å². The van der Waals surface area contributed by atoms with Crippen LogP contribution >= 0.6 is 0 Å². The minimum Gasteiger partial charge on any atom is -0.466 e. The normalized spacial score (nSPS) is 11.3. The highest BCUT2D eigenvalue weighted by Crippen LogP contribution is 2.23. The van der Waals surface area contributed by atoms with Crippen LogP contribution in [0.4, 0.5) is 0 Å². The molecule has 0 saturated carbocycles. The third kappa shape index (κ3) is 20.2. The molecule has 0 heterocycles. The number of carbonyl (C=O) groups excluding carboxylic acids is 1. The van der Waals surface area contributed by atoms with Gasteiger partial charge < -0.3 is 4.74 Å². The van der Waals surface area contributed by atoms with E-state index in [1.165, 1.54) is 109 Å². The van der Waals surface area contributed by atoms with Crippen molar-refractivity contribution in [1.82, 2.24) is 0 Å². The number of hydrogen-bond donors (Lipinski definition) is 0. The van der Waals surface area contributed by atoms with Gasteiger partial charge in [0.05, 0.1) is 6.61 Å². The number of hydrogen-bond acceptors (Lipinski definition) is 2. The van der Waals surface area contributed by atoms with Gasteiger partial charge in [-0.3, -0.25) is 4.79 Å². The molecular formula is C26H52O2. The lowest BCUT2D eigenvalue weighted by atomic mass is 9.90. The van der Waals surface area contributed by atoms with E-state index in [1.54, 1.807) is 0 Å². The van der Waals surface area contributed by atoms with Gasteiger partial charge in [0.15, 0.2) is 0 Å². The summed E-state index contributed by atoms with van der Waals surface area (Å²) in [5.41, 5.74) is 0. The highest BCUT2D eigenvalue weighted by Gasteiger charge is 2.09. The van der Waals surface area contributed by atoms with E-state index in [-0.39, 0.29) is 5.97 Å². The maximum Gasteiger partial charge on any atom is 0.305 e. The van der Waals surface area contributed by atoms with Crippen LogP contribution in [0.1, 0.15) is 149 Å². The summed E-state index contributed by atoms with van der Waals surface area (Å²) in [4.78, 5) is 11.5. The zero-order valence-electron chi connectivity index (χ0n) is 19.7. The van der Waals surface area contributed by atoms with E-state index in [9.17, 15) is 4.79 Å². The topological polar surface area (TPSA) is 26.3 Å². The first-order valence-corrected chi connectivity index (χ1v) is 12.9. The molecule has 0 rings (SSSR count). The van der Waals surface area contributed by atoms with Gasteiger partial charge in [-0.05, 0) is 25.2 Å². The summed E-state index contributed by atoms with van der Waals surface area (Å²) in [6, 6.07) is 0. The fourth-order valence-corrected chi connectivity index (χ4v) is 4.05. The molecule has 0 saturated heterocycles. The molecule has 0 amide bonds. The molecule has 0 bridgehead atoms. The van der Waals surface area contributed by atoms with Gasteiger partial charge in [-0.25, -0.2) is 0 Å². The van der Waals surface area contributed by atoms with Crippen molar-refractivity contribution in [3.05, 3.63) is 0 Å². The Morgan fingerprint density at radius 2 is 1.00 bits per heavy atom. The second kappa shape index (κ2) is 22.8. The summed E-state index contributed by atoms with van der Waals surface area (Å²) in [6.45, 7) is 7.23. The zero-order chi connectivity index (χ0) is 20.7. The number of esters is 1. The minimum atomic E-state index is -0.0155. The molecule has 0 aromatic carbocycles. The van der Waals surface area contributed by atoms with Crippen LogP contribution in [0.15, 0.2) is 0 Å². The Kier molecular flexibility index (Phi) is 22.3. The van der Waals surface area contributed by atoms with Gasteiger partial charge in [0.1, 0.15) is 0 Å². The first kappa shape index (κ1) is 27.5. The van der Waals surface area contributed by atoms with Crippen LogP contribution in [-0.4, -0.2) is 12.6 Å². The Bertz CT molecular complexity index is 296. The van der Waals surface area contributed by atoms with E-state index in [1.807, 2.05) is 6.92 Å². The van der Waals surface area contributed by atoms with Crippen molar-refractivity contribution in [2.75, 3.05) is 6.61 Å². The summed E-state index contributed by atoms with van der Waals surface area (Å²) in [7, 11) is 0. The lowest BCUT2D eigenvalue weighted by Crippen LogP contribution is -2.08. The van der Waals surface area contributed by atoms with E-state index < -0.39 is 0 Å². The molecule has 2 heteroatoms. The van der Waals surface area contributed by atoms with E-state index in [0.29, 0.717) is 13.0 Å². The van der Waals surface area contributed by atoms with Crippen LogP contribution in [0.2, 0.25) is 0 Å². The Labute approximate surface area is 177 Å². The predicted molar refractivity (Wildman–Crippen MR) is 124 cm³/mol. The molecule has 0 unspecified atom stereocenters. The molecular weight excluding hydrogens is 344 g/mol. The summed E-state index contributed by atoms with van der Waals surface area (Å²) in [6.07, 6.45) is 26.1. The number of unbranched alkanes of at least 4 members (excludes halogenated alkanes) is 12. The Hall–Kier alpha value is -0.530. The largest absolute Gasteiger partial charge is 0.466 e. The fraction of sp³-hybridized carbons (Fsp3) is 0.962. The Morgan fingerprint density at radius 1 is 0.571 bits per heavy atom. The summed E-state index contributed by atoms with van der Waals surface area (Å²) in [5, 5.41) is 0. The second-order valence-electron chi connectivity index (χ2n) is 8.80. The standard InChI is InChI=1S/C26H52O2/c1-4-7-9-11-13-15-17-21-25(22-18-16-14-12-10-8-5-2)23-19-24-28-26(27)20-6-3/h25H,4-24H2,1-3H3. The highest BCUT2D eigenvalue weighted by atomic mass is 16.5. The minimum absolute atomic E-state index is 0.0155. The van der Waals surface area contributed by atoms with Gasteiger partial charge >= 0.3 is 5.97 Å². The molecule has 0 aliphatic heterocycles. The van der Waals surface area contributed by atoms with Crippen LogP contribution in [0, 0.1) is 5.92 Å². The van der Waals surface area contributed by atoms with Gasteiger partial charge in [-0.1, -0.05) is 124 Å². The molecule has 0 spiro atoms. The van der Waals surface area contributed by atoms with Crippen molar-refractivity contribution in [2.24, 2.45) is 5.92 Å². The number of rotatable bonds is 22. The smallest absolute Gasteiger partial charge is 0.305 e. The molecule has 168 valence electrons. The molecule has 0 atom stereocenters. The molecule has 2 nitrogen and oxygen atoms in total. The quantitative estimate of drug-likeness (QED) is 0.135. The lowest BCUT2D eigenvalue weighted by molar-refractivity contribution is -0.143. The Morgan fingerprint density at radius 3 is 1.46 bits per heavy atom. The molecule has 0 aromatic heterocycles. The fourth-order valence-electron chi connectivity index (χ4n) is 4.05. The third-order valence-corrected chi connectivity index (χ3v) is 5.91. The van der Waals surface area contributed by atoms with Crippen molar-refractivity contribution in [3.63, 3.8) is 0 Å². The van der Waals surface area contributed by atoms with E-state index in [0.717, 1.165) is 18.8 Å². The predicted octanol–water partition coefficient (Wildman–Crippen LogP) is 9.01. The average molecular weight is 397 g/mol. The molecule has 28 heavy (non-hydrogen) atoms. The molecule has 0 aliphatic carbocycles. The molecule has 0 radical (unpaired) electrons. The van der Waals surface area contributed by atoms with Gasteiger partial charge in [0.25, 0.3) is 0 Å². The van der Waals surface area contributed by atoms with Crippen LogP contribution in [0.3, 0.4) is 0 Å². The first-order chi connectivity index (χ1) is 13.7. The summed E-state index contributed by atoms with van der Waals surface area (Å²) < 4.78 is 5.35. The van der Waals surface area contributed by atoms with Crippen LogP contribution in [0.5, 0.6) is 0 Å². The summed E-state index contributed by atoms with van der Waals surface area (Å²) >= 11 is 0. The van der Waals surface area contributed by atoms with Gasteiger partial charge in [0.2, 0.25) is 0 Å². The van der Waals surface area contributed by atoms with E-state index >= 15 is 0 Å². The first-order valence-electron chi connectivity index (χ1n) is 12.9. The van der Waals surface area contributed by atoms with Crippen LogP contribution in [0.25, 0.3) is 0 Å². The van der Waals surface area contributed by atoms with Crippen molar-refractivity contribution in [3.8, 4) is 0 Å². The molecule has 0 aromatic rings. The maximum absolute atomic E-state index is 11.5. The highest BCUT2D eigenvalue weighted by molar-refractivity contribution is 5.69. The van der Waals surface area contributed by atoms with Crippen molar-refractivity contribution in [1.29, 1.82) is 0 Å². The molecule has 0 fully saturated rings. The number of carbonyl (C=O) groups is 1. The average Bonchev–Trinajstić information content (AvgIpc) is 2.69. The second-order valence-corrected chi connectivity index (χ2v) is 8.80. The van der Waals surface area contributed by atoms with Crippen LogP contribution < -0.4 is 0 Å². The van der Waals surface area contributed by atoms with Crippen LogP contribution in [-0.2, 0) is 9.53 Å². The van der Waals surface area contributed by atoms with Crippen molar-refractivity contribution in [2.45, 2.75) is 149 Å². The van der Waals surface area contributed by atoms with Gasteiger partial charge in [-0.2, -0.15) is 0 Å². The molecule has 0 N–H and O–H groups in total. The van der Waals surface area contributed by atoms with Gasteiger partial charge in [0, 0.05) is 6.42 Å². The third-order valence-electron chi connectivity index (χ3n) is 5.91. The Balaban J connectivity index is 3.90. The van der Waals surface area contributed by atoms with E-state index in [4.69, 9.17) is 4.74 Å². The monoisotopic (exact) mass is 396 g/mol. The molecule has 0 aliphatic rings. The van der Waals surface area contributed by atoms with Gasteiger partial charge in [-0.15, -0.1) is 0 Å². The van der Waals surface area contributed by atoms with E-state index in [2.05, 4.69) is 13.8 Å². The maximum atomic E-state index is 11.5.